The summed E-state index contributed by atoms with van der Waals surface area (Å²) in [5, 5.41) is 0. The molecule has 2 amide bonds. The number of hydrogen-bond donors (Lipinski definition) is 0. The Bertz CT molecular complexity index is 1380. The molecule has 4 aromatic carbocycles. The molecule has 4 heteroatoms. The summed E-state index contributed by atoms with van der Waals surface area (Å²) in [5.74, 6) is 0.283. The van der Waals surface area contributed by atoms with Crippen LogP contribution >= 0.6 is 0 Å². The number of nitrogens with zero attached hydrogens (tertiary/aromatic N) is 2. The van der Waals surface area contributed by atoms with Crippen LogP contribution in [-0.4, -0.2) is 34.7 Å². The lowest BCUT2D eigenvalue weighted by molar-refractivity contribution is -0.126. The van der Waals surface area contributed by atoms with Crippen LogP contribution in [0.25, 0.3) is 11.1 Å². The van der Waals surface area contributed by atoms with Gasteiger partial charge in [-0.25, -0.2) is 0 Å². The maximum absolute atomic E-state index is 12.8. The maximum atomic E-state index is 12.8. The average molecular weight is 555 g/mol. The second-order valence-corrected chi connectivity index (χ2v) is 10.7. The molecule has 0 fully saturated rings. The Kier molecular flexibility index (Phi) is 10.1. The summed E-state index contributed by atoms with van der Waals surface area (Å²) < 4.78 is 0. The van der Waals surface area contributed by atoms with Gasteiger partial charge in [0.1, 0.15) is 0 Å². The van der Waals surface area contributed by atoms with Gasteiger partial charge in [0.15, 0.2) is 0 Å². The van der Waals surface area contributed by atoms with E-state index in [1.807, 2.05) is 107 Å². The van der Waals surface area contributed by atoms with Crippen molar-refractivity contribution in [1.82, 2.24) is 9.80 Å². The number of benzene rings is 4. The van der Waals surface area contributed by atoms with E-state index in [-0.39, 0.29) is 11.8 Å². The zero-order chi connectivity index (χ0) is 29.0. The highest BCUT2D eigenvalue weighted by Gasteiger charge is 2.23. The molecule has 2 aliphatic rings. The van der Waals surface area contributed by atoms with Gasteiger partial charge in [-0.05, 0) is 47.9 Å². The molecular formula is C38H38N2O2. The molecule has 212 valence electrons. The Labute approximate surface area is 249 Å². The molecule has 0 N–H and O–H groups in total. The zero-order valence-corrected chi connectivity index (χ0v) is 24.1. The molecule has 0 saturated heterocycles. The highest BCUT2D eigenvalue weighted by atomic mass is 16.2. The lowest BCUT2D eigenvalue weighted by Gasteiger charge is -2.22. The topological polar surface area (TPSA) is 40.6 Å². The molecular weight excluding hydrogens is 516 g/mol. The molecule has 0 radical (unpaired) electrons. The molecule has 42 heavy (non-hydrogen) atoms. The molecule has 0 saturated carbocycles. The lowest BCUT2D eigenvalue weighted by atomic mass is 10.0. The number of allylic oxidation sites excluding steroid dienone is 2. The van der Waals surface area contributed by atoms with Crippen LogP contribution in [0.4, 0.5) is 0 Å². The SMILES string of the molecule is O=C1C(c2ccccc2)=CCCCN1Cc1ccccc1.O=C1C(c2ccccc2)=CCCCN1Cc1ccccc1. The van der Waals surface area contributed by atoms with E-state index in [2.05, 4.69) is 36.4 Å². The van der Waals surface area contributed by atoms with Gasteiger partial charge in [0.25, 0.3) is 11.8 Å². The average Bonchev–Trinajstić information content (AvgIpc) is 3.34. The van der Waals surface area contributed by atoms with Crippen molar-refractivity contribution in [3.63, 3.8) is 0 Å². The fraction of sp³-hybridized carbons (Fsp3) is 0.211. The van der Waals surface area contributed by atoms with Crippen molar-refractivity contribution in [2.75, 3.05) is 13.1 Å². The van der Waals surface area contributed by atoms with Gasteiger partial charge in [-0.2, -0.15) is 0 Å². The minimum absolute atomic E-state index is 0.141. The van der Waals surface area contributed by atoms with Gasteiger partial charge in [0.2, 0.25) is 0 Å². The number of amides is 2. The van der Waals surface area contributed by atoms with E-state index in [4.69, 9.17) is 0 Å². The first-order valence-corrected chi connectivity index (χ1v) is 14.9. The monoisotopic (exact) mass is 554 g/mol. The van der Waals surface area contributed by atoms with Crippen LogP contribution in [0.15, 0.2) is 133 Å². The second-order valence-electron chi connectivity index (χ2n) is 10.7. The van der Waals surface area contributed by atoms with Gasteiger partial charge in [-0.15, -0.1) is 0 Å². The summed E-state index contributed by atoms with van der Waals surface area (Å²) in [6.45, 7) is 3.01. The predicted octanol–water partition coefficient (Wildman–Crippen LogP) is 7.79. The van der Waals surface area contributed by atoms with E-state index < -0.39 is 0 Å². The van der Waals surface area contributed by atoms with E-state index in [0.29, 0.717) is 13.1 Å². The van der Waals surface area contributed by atoms with Gasteiger partial charge < -0.3 is 9.80 Å². The van der Waals surface area contributed by atoms with E-state index >= 15 is 0 Å². The minimum Gasteiger partial charge on any atom is -0.334 e. The fourth-order valence-electron chi connectivity index (χ4n) is 5.40. The summed E-state index contributed by atoms with van der Waals surface area (Å²) in [6, 6.07) is 40.3. The third-order valence-electron chi connectivity index (χ3n) is 7.60. The van der Waals surface area contributed by atoms with E-state index in [1.54, 1.807) is 0 Å². The number of carbonyl (C=O) groups excluding carboxylic acids is 2. The molecule has 6 rings (SSSR count). The molecule has 0 atom stereocenters. The second kappa shape index (κ2) is 14.8. The van der Waals surface area contributed by atoms with Gasteiger partial charge in [0.05, 0.1) is 0 Å². The third-order valence-corrected chi connectivity index (χ3v) is 7.60. The zero-order valence-electron chi connectivity index (χ0n) is 24.1. The molecule has 2 heterocycles. The standard InChI is InChI=1S/2C19H19NO/c2*21-19-18(17-11-5-2-6-12-17)13-7-8-14-20(19)15-16-9-3-1-4-10-16/h2*1-6,9-13H,7-8,14-15H2. The Morgan fingerprint density at radius 2 is 0.786 bits per heavy atom. The predicted molar refractivity (Wildman–Crippen MR) is 171 cm³/mol. The van der Waals surface area contributed by atoms with E-state index in [9.17, 15) is 9.59 Å². The van der Waals surface area contributed by atoms with Crippen LogP contribution in [0.5, 0.6) is 0 Å². The highest BCUT2D eigenvalue weighted by Crippen LogP contribution is 2.24. The first kappa shape index (κ1) is 28.8. The van der Waals surface area contributed by atoms with Crippen LogP contribution in [0, 0.1) is 0 Å². The van der Waals surface area contributed by atoms with Crippen molar-refractivity contribution in [3.05, 3.63) is 156 Å². The molecule has 0 aromatic heterocycles. The highest BCUT2D eigenvalue weighted by molar-refractivity contribution is 6.20. The summed E-state index contributed by atoms with van der Waals surface area (Å²) in [6.07, 6.45) is 8.14. The summed E-state index contributed by atoms with van der Waals surface area (Å²) in [5.41, 5.74) is 6.07. The Morgan fingerprint density at radius 1 is 0.452 bits per heavy atom. The van der Waals surface area contributed by atoms with Crippen molar-refractivity contribution in [2.24, 2.45) is 0 Å². The largest absolute Gasteiger partial charge is 0.334 e. The first-order chi connectivity index (χ1) is 20.7. The molecule has 0 bridgehead atoms. The van der Waals surface area contributed by atoms with Crippen LogP contribution in [0.2, 0.25) is 0 Å². The Balaban J connectivity index is 0.000000168. The van der Waals surface area contributed by atoms with Crippen LogP contribution in [0.1, 0.15) is 47.9 Å². The van der Waals surface area contributed by atoms with Crippen molar-refractivity contribution in [2.45, 2.75) is 38.8 Å². The molecule has 4 nitrogen and oxygen atoms in total. The molecule has 0 unspecified atom stereocenters. The van der Waals surface area contributed by atoms with Gasteiger partial charge in [-0.1, -0.05) is 133 Å². The van der Waals surface area contributed by atoms with Gasteiger partial charge in [-0.3, -0.25) is 9.59 Å². The molecule has 0 aliphatic carbocycles. The van der Waals surface area contributed by atoms with Crippen molar-refractivity contribution in [1.29, 1.82) is 0 Å². The lowest BCUT2D eigenvalue weighted by Crippen LogP contribution is -2.31. The number of hydrogen-bond acceptors (Lipinski definition) is 2. The third kappa shape index (κ3) is 7.73. The van der Waals surface area contributed by atoms with Crippen LogP contribution < -0.4 is 0 Å². The summed E-state index contributed by atoms with van der Waals surface area (Å²) in [4.78, 5) is 29.5. The normalized spacial score (nSPS) is 15.5. The number of rotatable bonds is 6. The number of carbonyl (C=O) groups is 2. The molecule has 0 spiro atoms. The van der Waals surface area contributed by atoms with Gasteiger partial charge in [0, 0.05) is 37.3 Å². The van der Waals surface area contributed by atoms with Gasteiger partial charge >= 0.3 is 0 Å². The van der Waals surface area contributed by atoms with Crippen LogP contribution in [0.3, 0.4) is 0 Å². The Hall–Kier alpha value is -4.70. The van der Waals surface area contributed by atoms with Crippen molar-refractivity contribution < 1.29 is 9.59 Å². The quantitative estimate of drug-likeness (QED) is 0.244. The summed E-state index contributed by atoms with van der Waals surface area (Å²) >= 11 is 0. The molecule has 2 aliphatic heterocycles. The van der Waals surface area contributed by atoms with E-state index in [1.165, 1.54) is 11.1 Å². The fourth-order valence-corrected chi connectivity index (χ4v) is 5.40. The van der Waals surface area contributed by atoms with Crippen LogP contribution in [-0.2, 0) is 22.7 Å². The van der Waals surface area contributed by atoms with Crippen molar-refractivity contribution in [3.8, 4) is 0 Å². The van der Waals surface area contributed by atoms with E-state index in [0.717, 1.165) is 61.0 Å². The minimum atomic E-state index is 0.141. The maximum Gasteiger partial charge on any atom is 0.254 e. The summed E-state index contributed by atoms with van der Waals surface area (Å²) in [7, 11) is 0. The Morgan fingerprint density at radius 3 is 1.14 bits per heavy atom. The van der Waals surface area contributed by atoms with Crippen molar-refractivity contribution >= 4 is 23.0 Å². The molecule has 4 aromatic rings. The first-order valence-electron chi connectivity index (χ1n) is 14.9. The smallest absolute Gasteiger partial charge is 0.254 e.